The second kappa shape index (κ2) is 8.39. The average molecular weight is 447 g/mol. The van der Waals surface area contributed by atoms with E-state index in [0.717, 1.165) is 68.1 Å². The van der Waals surface area contributed by atoms with Gasteiger partial charge in [0.1, 0.15) is 17.0 Å². The molecular formula is C23H25F3N4S. The molecule has 2 aliphatic heterocycles. The molecule has 0 bridgehead atoms. The lowest BCUT2D eigenvalue weighted by molar-refractivity contribution is -0.126. The highest BCUT2D eigenvalue weighted by Gasteiger charge is 2.38. The number of benzene rings is 1. The van der Waals surface area contributed by atoms with Gasteiger partial charge in [0.05, 0.1) is 11.8 Å². The summed E-state index contributed by atoms with van der Waals surface area (Å²) < 4.78 is 38.5. The van der Waals surface area contributed by atoms with Gasteiger partial charge in [0, 0.05) is 31.1 Å². The highest BCUT2D eigenvalue weighted by Crippen LogP contribution is 2.38. The first-order chi connectivity index (χ1) is 14.9. The predicted octanol–water partition coefficient (Wildman–Crippen LogP) is 4.80. The second-order valence-electron chi connectivity index (χ2n) is 8.67. The molecule has 0 spiro atoms. The Morgan fingerprint density at radius 2 is 1.84 bits per heavy atom. The minimum Gasteiger partial charge on any atom is -0.355 e. The highest BCUT2D eigenvalue weighted by molar-refractivity contribution is 7.18. The van der Waals surface area contributed by atoms with Gasteiger partial charge in [0.25, 0.3) is 0 Å². The molecule has 4 nitrogen and oxygen atoms in total. The summed E-state index contributed by atoms with van der Waals surface area (Å²) in [7, 11) is 0. The molecule has 1 aromatic carbocycles. The van der Waals surface area contributed by atoms with Crippen LogP contribution in [0.3, 0.4) is 0 Å². The average Bonchev–Trinajstić information content (AvgIpc) is 3.34. The lowest BCUT2D eigenvalue weighted by Gasteiger charge is -2.34. The molecule has 2 saturated heterocycles. The maximum absolute atomic E-state index is 12.8. The molecule has 31 heavy (non-hydrogen) atoms. The Hall–Kier alpha value is -2.19. The number of piperidine rings is 1. The fraction of sp³-hybridized carbons (Fsp3) is 0.478. The number of hydrogen-bond acceptors (Lipinski definition) is 5. The number of halogens is 3. The normalized spacial score (nSPS) is 22.2. The van der Waals surface area contributed by atoms with E-state index in [1.807, 2.05) is 6.07 Å². The van der Waals surface area contributed by atoms with Gasteiger partial charge in [-0.2, -0.15) is 13.2 Å². The van der Waals surface area contributed by atoms with Crippen LogP contribution in [0.15, 0.2) is 42.7 Å². The Morgan fingerprint density at radius 3 is 2.65 bits per heavy atom. The van der Waals surface area contributed by atoms with Crippen molar-refractivity contribution < 1.29 is 13.2 Å². The van der Waals surface area contributed by atoms with Crippen LogP contribution >= 0.6 is 11.3 Å². The molecule has 5 rings (SSSR count). The number of likely N-dealkylation sites (tertiary alicyclic amines) is 1. The fourth-order valence-electron chi connectivity index (χ4n) is 4.98. The Morgan fingerprint density at radius 1 is 1.03 bits per heavy atom. The maximum atomic E-state index is 12.8. The van der Waals surface area contributed by atoms with E-state index in [1.54, 1.807) is 6.07 Å². The van der Waals surface area contributed by atoms with Crippen LogP contribution in [0.4, 0.5) is 19.0 Å². The quantitative estimate of drug-likeness (QED) is 0.564. The molecule has 0 radical (unpaired) electrons. The number of fused-ring (bicyclic) bond motifs is 2. The van der Waals surface area contributed by atoms with Crippen LogP contribution in [0.2, 0.25) is 0 Å². The molecule has 3 aromatic rings. The number of alkyl halides is 3. The van der Waals surface area contributed by atoms with Crippen LogP contribution in [0.25, 0.3) is 10.2 Å². The van der Waals surface area contributed by atoms with E-state index in [0.29, 0.717) is 21.5 Å². The number of thiophene rings is 1. The molecule has 0 N–H and O–H groups in total. The number of nitrogens with zero attached hydrogens (tertiary/aromatic N) is 4. The van der Waals surface area contributed by atoms with E-state index >= 15 is 0 Å². The molecule has 0 amide bonds. The molecule has 2 aliphatic rings. The summed E-state index contributed by atoms with van der Waals surface area (Å²) in [6.45, 7) is 5.08. The first-order valence-electron chi connectivity index (χ1n) is 10.8. The first kappa shape index (κ1) is 20.7. The minimum absolute atomic E-state index is 0.299. The number of rotatable bonds is 5. The van der Waals surface area contributed by atoms with E-state index < -0.39 is 12.6 Å². The van der Waals surface area contributed by atoms with E-state index in [-0.39, 0.29) is 0 Å². The van der Waals surface area contributed by atoms with Gasteiger partial charge < -0.3 is 9.80 Å². The lowest BCUT2D eigenvalue weighted by Crippen LogP contribution is -2.40. The van der Waals surface area contributed by atoms with Crippen LogP contribution < -0.4 is 4.90 Å². The van der Waals surface area contributed by atoms with Crippen LogP contribution in [0, 0.1) is 11.8 Å². The van der Waals surface area contributed by atoms with Crippen molar-refractivity contribution in [1.29, 1.82) is 0 Å². The minimum atomic E-state index is -4.21. The molecule has 0 saturated carbocycles. The highest BCUT2D eigenvalue weighted by atomic mass is 32.1. The Labute approximate surface area is 183 Å². The summed E-state index contributed by atoms with van der Waals surface area (Å²) >= 11 is 1.12. The third-order valence-corrected chi connectivity index (χ3v) is 7.52. The molecule has 164 valence electrons. The van der Waals surface area contributed by atoms with E-state index in [1.165, 1.54) is 11.9 Å². The van der Waals surface area contributed by atoms with Crippen LogP contribution in [0.1, 0.15) is 16.9 Å². The molecule has 2 fully saturated rings. The summed E-state index contributed by atoms with van der Waals surface area (Å²) in [4.78, 5) is 14.5. The molecule has 4 heterocycles. The Bertz CT molecular complexity index is 1040. The molecule has 2 aromatic heterocycles. The molecule has 8 heteroatoms. The molecule has 0 unspecified atom stereocenters. The zero-order valence-electron chi connectivity index (χ0n) is 17.2. The van der Waals surface area contributed by atoms with Crippen molar-refractivity contribution in [2.45, 2.75) is 25.4 Å². The molecule has 2 atom stereocenters. The van der Waals surface area contributed by atoms with Gasteiger partial charge in [0.15, 0.2) is 0 Å². The number of hydrogen-bond donors (Lipinski definition) is 0. The van der Waals surface area contributed by atoms with Crippen LogP contribution in [-0.4, -0.2) is 53.8 Å². The zero-order chi connectivity index (χ0) is 21.4. The topological polar surface area (TPSA) is 32.3 Å². The summed E-state index contributed by atoms with van der Waals surface area (Å²) in [6, 6.07) is 12.2. The molecular weight excluding hydrogens is 421 g/mol. The van der Waals surface area contributed by atoms with Crippen molar-refractivity contribution in [3.63, 3.8) is 0 Å². The first-order valence-corrected chi connectivity index (χ1v) is 11.6. The van der Waals surface area contributed by atoms with Crippen molar-refractivity contribution >= 4 is 27.4 Å². The third kappa shape index (κ3) is 4.70. The standard InChI is InChI=1S/C23H25F3N4S/c24-23(25,26)11-19-10-20-21(27-15-28-22(20)31-19)30-13-17-7-9-29(12-18(17)14-30)8-6-16-4-2-1-3-5-16/h1-5,10,15,17-18H,6-9,11-14H2/t17-,18+/m1/s1. The zero-order valence-corrected chi connectivity index (χ0v) is 18.0. The third-order valence-electron chi connectivity index (χ3n) is 6.48. The van der Waals surface area contributed by atoms with Crippen molar-refractivity contribution in [2.75, 3.05) is 37.6 Å². The van der Waals surface area contributed by atoms with Crippen molar-refractivity contribution in [3.8, 4) is 0 Å². The number of aromatic nitrogens is 2. The van der Waals surface area contributed by atoms with Gasteiger partial charge in [-0.05, 0) is 42.9 Å². The van der Waals surface area contributed by atoms with Gasteiger partial charge in [-0.15, -0.1) is 11.3 Å². The summed E-state index contributed by atoms with van der Waals surface area (Å²) in [5.74, 6) is 1.98. The summed E-state index contributed by atoms with van der Waals surface area (Å²) in [5.41, 5.74) is 1.37. The van der Waals surface area contributed by atoms with Gasteiger partial charge in [0.2, 0.25) is 0 Å². The lowest BCUT2D eigenvalue weighted by atomic mass is 9.88. The van der Waals surface area contributed by atoms with E-state index in [2.05, 4.69) is 44.0 Å². The smallest absolute Gasteiger partial charge is 0.355 e. The van der Waals surface area contributed by atoms with E-state index in [9.17, 15) is 13.2 Å². The summed E-state index contributed by atoms with van der Waals surface area (Å²) in [6.07, 6.45) is -1.41. The van der Waals surface area contributed by atoms with E-state index in [4.69, 9.17) is 0 Å². The SMILES string of the molecule is FC(F)(F)Cc1cc2c(N3C[C@H]4CCN(CCc5ccccc5)C[C@H]4C3)ncnc2s1. The van der Waals surface area contributed by atoms with Gasteiger partial charge in [-0.3, -0.25) is 0 Å². The monoisotopic (exact) mass is 446 g/mol. The van der Waals surface area contributed by atoms with Crippen molar-refractivity contribution in [2.24, 2.45) is 11.8 Å². The fourth-order valence-corrected chi connectivity index (χ4v) is 6.00. The van der Waals surface area contributed by atoms with Crippen LogP contribution in [-0.2, 0) is 12.8 Å². The summed E-state index contributed by atoms with van der Waals surface area (Å²) in [5, 5.41) is 0.756. The second-order valence-corrected chi connectivity index (χ2v) is 9.79. The van der Waals surface area contributed by atoms with Gasteiger partial charge >= 0.3 is 6.18 Å². The van der Waals surface area contributed by atoms with Crippen molar-refractivity contribution in [3.05, 3.63) is 53.2 Å². The van der Waals surface area contributed by atoms with Crippen molar-refractivity contribution in [1.82, 2.24) is 14.9 Å². The Kier molecular flexibility index (Phi) is 5.60. The Balaban J connectivity index is 1.26. The largest absolute Gasteiger partial charge is 0.393 e. The molecule has 0 aliphatic carbocycles. The maximum Gasteiger partial charge on any atom is 0.393 e. The van der Waals surface area contributed by atoms with Crippen LogP contribution in [0.5, 0.6) is 0 Å². The predicted molar refractivity (Wildman–Crippen MR) is 118 cm³/mol. The van der Waals surface area contributed by atoms with Gasteiger partial charge in [-0.25, -0.2) is 9.97 Å². The number of anilines is 1. The van der Waals surface area contributed by atoms with Gasteiger partial charge in [-0.1, -0.05) is 30.3 Å².